The van der Waals surface area contributed by atoms with E-state index in [1.165, 1.54) is 13.2 Å². The summed E-state index contributed by atoms with van der Waals surface area (Å²) in [7, 11) is 1.45. The molecule has 8 nitrogen and oxygen atoms in total. The number of hydrogen-bond acceptors (Lipinski definition) is 6. The summed E-state index contributed by atoms with van der Waals surface area (Å²) in [5, 5.41) is 2.44. The monoisotopic (exact) mass is 444 g/mol. The van der Waals surface area contributed by atoms with Gasteiger partial charge in [0.25, 0.3) is 11.8 Å². The zero-order valence-corrected chi connectivity index (χ0v) is 18.0. The van der Waals surface area contributed by atoms with Crippen molar-refractivity contribution in [1.82, 2.24) is 5.32 Å². The van der Waals surface area contributed by atoms with Gasteiger partial charge in [-0.1, -0.05) is 11.6 Å². The number of carbonyl (C=O) groups excluding carboxylic acids is 3. The van der Waals surface area contributed by atoms with Crippen molar-refractivity contribution in [3.63, 3.8) is 0 Å². The molecular formula is C22H21ClN2O6. The van der Waals surface area contributed by atoms with Crippen molar-refractivity contribution < 1.29 is 28.6 Å². The van der Waals surface area contributed by atoms with Gasteiger partial charge in [-0.05, 0) is 61.9 Å². The van der Waals surface area contributed by atoms with E-state index in [2.05, 4.69) is 5.32 Å². The van der Waals surface area contributed by atoms with Gasteiger partial charge in [-0.3, -0.25) is 14.9 Å². The fourth-order valence-corrected chi connectivity index (χ4v) is 3.30. The number of anilines is 1. The van der Waals surface area contributed by atoms with Gasteiger partial charge in [0.1, 0.15) is 11.3 Å². The summed E-state index contributed by atoms with van der Waals surface area (Å²) >= 11 is 6.27. The third-order valence-electron chi connectivity index (χ3n) is 4.36. The molecule has 0 aromatic heterocycles. The highest BCUT2D eigenvalue weighted by Gasteiger charge is 2.36. The summed E-state index contributed by atoms with van der Waals surface area (Å²) in [6.07, 6.45) is 1.34. The van der Waals surface area contributed by atoms with E-state index < -0.39 is 17.8 Å². The molecule has 2 aromatic carbocycles. The molecule has 162 valence electrons. The first-order valence-corrected chi connectivity index (χ1v) is 9.92. The Labute approximate surface area is 184 Å². The van der Waals surface area contributed by atoms with Crippen molar-refractivity contribution in [2.75, 3.05) is 25.2 Å². The largest absolute Gasteiger partial charge is 0.494 e. The number of methoxy groups -OCH3 is 1. The lowest BCUT2D eigenvalue weighted by Crippen LogP contribution is -2.54. The predicted molar refractivity (Wildman–Crippen MR) is 116 cm³/mol. The van der Waals surface area contributed by atoms with Crippen LogP contribution in [0.3, 0.4) is 0 Å². The molecule has 3 rings (SSSR count). The number of imide groups is 2. The number of barbiturate groups is 1. The second kappa shape index (κ2) is 9.53. The standard InChI is InChI=1S/C22H21ClN2O6/c1-4-30-15-8-6-14(7-9-15)25-21(27)16(20(26)24-22(25)28)10-13-11-17(23)19(31-5-2)18(12-13)29-3/h6-12H,4-5H2,1-3H3,(H,24,26,28)/b16-10+. The molecule has 0 atom stereocenters. The summed E-state index contributed by atoms with van der Waals surface area (Å²) in [5.41, 5.74) is 0.507. The minimum atomic E-state index is -0.835. The van der Waals surface area contributed by atoms with E-state index in [1.54, 1.807) is 36.4 Å². The number of benzene rings is 2. The minimum absolute atomic E-state index is 0.226. The van der Waals surface area contributed by atoms with Crippen molar-refractivity contribution in [1.29, 1.82) is 0 Å². The molecule has 2 aromatic rings. The van der Waals surface area contributed by atoms with Crippen molar-refractivity contribution >= 4 is 41.2 Å². The van der Waals surface area contributed by atoms with Crippen LogP contribution in [0.4, 0.5) is 10.5 Å². The highest BCUT2D eigenvalue weighted by atomic mass is 35.5. The molecule has 0 saturated carbocycles. The van der Waals surface area contributed by atoms with Gasteiger partial charge in [0.05, 0.1) is 31.0 Å². The molecule has 4 amide bonds. The minimum Gasteiger partial charge on any atom is -0.494 e. The summed E-state index contributed by atoms with van der Waals surface area (Å²) in [6, 6.07) is 8.69. The first-order chi connectivity index (χ1) is 14.9. The van der Waals surface area contributed by atoms with Gasteiger partial charge in [0.2, 0.25) is 0 Å². The zero-order chi connectivity index (χ0) is 22.5. The Morgan fingerprint density at radius 1 is 1.03 bits per heavy atom. The summed E-state index contributed by atoms with van der Waals surface area (Å²) in [6.45, 7) is 4.53. The molecule has 1 aliphatic rings. The number of nitrogens with one attached hydrogen (secondary N) is 1. The second-order valence-corrected chi connectivity index (χ2v) is 6.76. The van der Waals surface area contributed by atoms with Gasteiger partial charge in [-0.25, -0.2) is 9.69 Å². The Morgan fingerprint density at radius 2 is 1.71 bits per heavy atom. The average molecular weight is 445 g/mol. The SMILES string of the molecule is CCOc1ccc(N2C(=O)NC(=O)/C(=C\c3cc(Cl)c(OCC)c(OC)c3)C2=O)cc1. The van der Waals surface area contributed by atoms with Gasteiger partial charge in [0.15, 0.2) is 11.5 Å². The van der Waals surface area contributed by atoms with Crippen LogP contribution in [0, 0.1) is 0 Å². The Hall–Kier alpha value is -3.52. The van der Waals surface area contributed by atoms with Gasteiger partial charge >= 0.3 is 6.03 Å². The molecule has 1 N–H and O–H groups in total. The van der Waals surface area contributed by atoms with Crippen LogP contribution >= 0.6 is 11.6 Å². The Balaban J connectivity index is 1.98. The number of nitrogens with zero attached hydrogens (tertiary/aromatic N) is 1. The first-order valence-electron chi connectivity index (χ1n) is 9.54. The zero-order valence-electron chi connectivity index (χ0n) is 17.2. The quantitative estimate of drug-likeness (QED) is 0.515. The van der Waals surface area contributed by atoms with Crippen LogP contribution in [0.25, 0.3) is 6.08 Å². The van der Waals surface area contributed by atoms with Gasteiger partial charge in [-0.2, -0.15) is 0 Å². The van der Waals surface area contributed by atoms with Gasteiger partial charge < -0.3 is 14.2 Å². The molecule has 0 spiro atoms. The lowest BCUT2D eigenvalue weighted by molar-refractivity contribution is -0.122. The molecule has 1 aliphatic heterocycles. The number of carbonyl (C=O) groups is 3. The second-order valence-electron chi connectivity index (χ2n) is 6.35. The molecule has 0 bridgehead atoms. The highest BCUT2D eigenvalue weighted by Crippen LogP contribution is 2.37. The number of halogens is 1. The van der Waals surface area contributed by atoms with Crippen molar-refractivity contribution in [3.8, 4) is 17.2 Å². The van der Waals surface area contributed by atoms with Crippen LogP contribution in [-0.2, 0) is 9.59 Å². The fourth-order valence-electron chi connectivity index (χ4n) is 3.02. The Kier molecular flexibility index (Phi) is 6.81. The molecule has 31 heavy (non-hydrogen) atoms. The van der Waals surface area contributed by atoms with Crippen LogP contribution in [0.15, 0.2) is 42.0 Å². The average Bonchev–Trinajstić information content (AvgIpc) is 2.74. The van der Waals surface area contributed by atoms with Gasteiger partial charge in [-0.15, -0.1) is 0 Å². The normalized spacial score (nSPS) is 15.2. The topological polar surface area (TPSA) is 94.2 Å². The molecule has 1 heterocycles. The molecular weight excluding hydrogens is 424 g/mol. The number of urea groups is 1. The third kappa shape index (κ3) is 4.64. The maximum absolute atomic E-state index is 13.0. The molecule has 0 unspecified atom stereocenters. The van der Waals surface area contributed by atoms with E-state index in [1.807, 2.05) is 13.8 Å². The lowest BCUT2D eigenvalue weighted by atomic mass is 10.1. The number of amides is 4. The van der Waals surface area contributed by atoms with Crippen LogP contribution in [-0.4, -0.2) is 38.2 Å². The van der Waals surface area contributed by atoms with E-state index in [9.17, 15) is 14.4 Å². The number of rotatable bonds is 7. The van der Waals surface area contributed by atoms with Gasteiger partial charge in [0, 0.05) is 0 Å². The lowest BCUT2D eigenvalue weighted by Gasteiger charge is -2.26. The van der Waals surface area contributed by atoms with E-state index >= 15 is 0 Å². The van der Waals surface area contributed by atoms with Crippen LogP contribution in [0.5, 0.6) is 17.2 Å². The number of hydrogen-bond donors (Lipinski definition) is 1. The first kappa shape index (κ1) is 22.2. The van der Waals surface area contributed by atoms with Crippen molar-refractivity contribution in [2.24, 2.45) is 0 Å². The van der Waals surface area contributed by atoms with Crippen LogP contribution in [0.2, 0.25) is 5.02 Å². The van der Waals surface area contributed by atoms with Crippen molar-refractivity contribution in [2.45, 2.75) is 13.8 Å². The van der Waals surface area contributed by atoms with E-state index in [0.29, 0.717) is 41.7 Å². The molecule has 0 radical (unpaired) electrons. The number of ether oxygens (including phenoxy) is 3. The van der Waals surface area contributed by atoms with E-state index in [4.69, 9.17) is 25.8 Å². The summed E-state index contributed by atoms with van der Waals surface area (Å²) < 4.78 is 16.1. The van der Waals surface area contributed by atoms with E-state index in [0.717, 1.165) is 4.90 Å². The maximum atomic E-state index is 13.0. The Bertz CT molecular complexity index is 1050. The predicted octanol–water partition coefficient (Wildman–Crippen LogP) is 3.81. The Morgan fingerprint density at radius 3 is 2.32 bits per heavy atom. The molecule has 1 saturated heterocycles. The summed E-state index contributed by atoms with van der Waals surface area (Å²) in [5.74, 6) is -0.258. The molecule has 0 aliphatic carbocycles. The molecule has 9 heteroatoms. The van der Waals surface area contributed by atoms with Crippen LogP contribution in [0.1, 0.15) is 19.4 Å². The van der Waals surface area contributed by atoms with Crippen LogP contribution < -0.4 is 24.4 Å². The molecule has 1 fully saturated rings. The van der Waals surface area contributed by atoms with Crippen molar-refractivity contribution in [3.05, 3.63) is 52.6 Å². The summed E-state index contributed by atoms with van der Waals surface area (Å²) in [4.78, 5) is 38.7. The maximum Gasteiger partial charge on any atom is 0.335 e. The highest BCUT2D eigenvalue weighted by molar-refractivity contribution is 6.39. The smallest absolute Gasteiger partial charge is 0.335 e. The third-order valence-corrected chi connectivity index (χ3v) is 4.64. The van der Waals surface area contributed by atoms with E-state index in [-0.39, 0.29) is 10.6 Å². The fraction of sp³-hybridized carbons (Fsp3) is 0.227.